The molecule has 7 heteroatoms. The second-order valence-corrected chi connectivity index (χ2v) is 4.53. The molecule has 1 heterocycles. The van der Waals surface area contributed by atoms with Crippen LogP contribution in [0.1, 0.15) is 5.56 Å². The van der Waals surface area contributed by atoms with Crippen molar-refractivity contribution in [3.05, 3.63) is 30.1 Å². The van der Waals surface area contributed by atoms with Gasteiger partial charge in [-0.3, -0.25) is 0 Å². The molecule has 6 nitrogen and oxygen atoms in total. The molecule has 2 aromatic rings. The Morgan fingerprint density at radius 1 is 0.952 bits per heavy atom. The van der Waals surface area contributed by atoms with E-state index in [2.05, 4.69) is 25.9 Å². The Morgan fingerprint density at radius 2 is 1.52 bits per heavy atom. The molecule has 0 atom stereocenters. The normalized spacial score (nSPS) is 10.1. The number of ether oxygens (including phenoxy) is 4. The first-order valence-electron chi connectivity index (χ1n) is 6.06. The Bertz CT molecular complexity index is 579. The number of halogens is 1. The largest absolute Gasteiger partial charge is 0.493 e. The first-order valence-corrected chi connectivity index (χ1v) is 7.18. The van der Waals surface area contributed by atoms with Crippen molar-refractivity contribution in [3.63, 3.8) is 0 Å². The van der Waals surface area contributed by atoms with E-state index in [1.807, 2.05) is 0 Å². The minimum absolute atomic E-state index is 0.244. The number of alkyl halides is 1. The Hall–Kier alpha value is -2.02. The lowest BCUT2D eigenvalue weighted by atomic mass is 10.2. The first-order chi connectivity index (χ1) is 10.2. The van der Waals surface area contributed by atoms with E-state index in [-0.39, 0.29) is 6.01 Å². The van der Waals surface area contributed by atoms with Crippen LogP contribution in [0.2, 0.25) is 0 Å². The van der Waals surface area contributed by atoms with Crippen molar-refractivity contribution in [2.45, 2.75) is 5.33 Å². The van der Waals surface area contributed by atoms with E-state index in [1.54, 1.807) is 45.9 Å². The van der Waals surface area contributed by atoms with Crippen molar-refractivity contribution in [2.24, 2.45) is 0 Å². The van der Waals surface area contributed by atoms with Crippen molar-refractivity contribution in [1.82, 2.24) is 9.97 Å². The Balaban J connectivity index is 2.30. The Morgan fingerprint density at radius 3 is 1.95 bits per heavy atom. The summed E-state index contributed by atoms with van der Waals surface area (Å²) < 4.78 is 21.4. The van der Waals surface area contributed by atoms with Crippen LogP contribution in [0.4, 0.5) is 0 Å². The highest BCUT2D eigenvalue weighted by Crippen LogP contribution is 2.41. The predicted molar refractivity (Wildman–Crippen MR) is 80.8 cm³/mol. The molecule has 112 valence electrons. The second-order valence-electron chi connectivity index (χ2n) is 3.97. The summed E-state index contributed by atoms with van der Waals surface area (Å²) in [6.07, 6.45) is 3.38. The third-order valence-electron chi connectivity index (χ3n) is 2.68. The SMILES string of the molecule is COc1cc(Oc2ncc(CBr)cn2)cc(OC)c1OC. The zero-order chi connectivity index (χ0) is 15.2. The van der Waals surface area contributed by atoms with E-state index < -0.39 is 0 Å². The fourth-order valence-electron chi connectivity index (χ4n) is 1.69. The van der Waals surface area contributed by atoms with Crippen molar-refractivity contribution < 1.29 is 18.9 Å². The van der Waals surface area contributed by atoms with Gasteiger partial charge in [0, 0.05) is 29.9 Å². The molecular weight excluding hydrogens is 340 g/mol. The smallest absolute Gasteiger partial charge is 0.321 e. The van der Waals surface area contributed by atoms with Gasteiger partial charge in [0.05, 0.1) is 21.3 Å². The first kappa shape index (κ1) is 15.4. The molecule has 0 bridgehead atoms. The van der Waals surface area contributed by atoms with Gasteiger partial charge in [-0.2, -0.15) is 0 Å². The minimum Gasteiger partial charge on any atom is -0.493 e. The average Bonchev–Trinajstić information content (AvgIpc) is 2.54. The molecular formula is C14H15BrN2O4. The summed E-state index contributed by atoms with van der Waals surface area (Å²) in [6, 6.07) is 3.61. The summed E-state index contributed by atoms with van der Waals surface area (Å²) in [5.74, 6) is 2.01. The maximum atomic E-state index is 5.61. The number of methoxy groups -OCH3 is 3. The molecule has 0 aliphatic rings. The molecule has 0 aliphatic carbocycles. The van der Waals surface area contributed by atoms with Crippen LogP contribution in [-0.2, 0) is 5.33 Å². The van der Waals surface area contributed by atoms with E-state index >= 15 is 0 Å². The lowest BCUT2D eigenvalue weighted by molar-refractivity contribution is 0.320. The van der Waals surface area contributed by atoms with Crippen LogP contribution in [0.25, 0.3) is 0 Å². The predicted octanol–water partition coefficient (Wildman–Crippen LogP) is 3.19. The van der Waals surface area contributed by atoms with Crippen molar-refractivity contribution in [2.75, 3.05) is 21.3 Å². The third-order valence-corrected chi connectivity index (χ3v) is 3.33. The van der Waals surface area contributed by atoms with Gasteiger partial charge in [-0.1, -0.05) is 15.9 Å². The van der Waals surface area contributed by atoms with E-state index in [0.29, 0.717) is 28.3 Å². The lowest BCUT2D eigenvalue weighted by Gasteiger charge is -2.13. The molecule has 0 radical (unpaired) electrons. The van der Waals surface area contributed by atoms with Crippen LogP contribution in [0.5, 0.6) is 29.0 Å². The molecule has 2 rings (SSSR count). The molecule has 21 heavy (non-hydrogen) atoms. The zero-order valence-electron chi connectivity index (χ0n) is 11.9. The maximum absolute atomic E-state index is 5.61. The van der Waals surface area contributed by atoms with Crippen LogP contribution in [0.3, 0.4) is 0 Å². The van der Waals surface area contributed by atoms with E-state index in [9.17, 15) is 0 Å². The summed E-state index contributed by atoms with van der Waals surface area (Å²) >= 11 is 3.33. The highest BCUT2D eigenvalue weighted by Gasteiger charge is 2.14. The van der Waals surface area contributed by atoms with E-state index in [4.69, 9.17) is 18.9 Å². The molecule has 0 aliphatic heterocycles. The fraction of sp³-hybridized carbons (Fsp3) is 0.286. The van der Waals surface area contributed by atoms with Crippen LogP contribution in [-0.4, -0.2) is 31.3 Å². The minimum atomic E-state index is 0.244. The van der Waals surface area contributed by atoms with Crippen LogP contribution < -0.4 is 18.9 Å². The van der Waals surface area contributed by atoms with Crippen molar-refractivity contribution in [3.8, 4) is 29.0 Å². The van der Waals surface area contributed by atoms with Gasteiger partial charge >= 0.3 is 6.01 Å². The monoisotopic (exact) mass is 354 g/mol. The number of aromatic nitrogens is 2. The third kappa shape index (κ3) is 3.55. The van der Waals surface area contributed by atoms with Gasteiger partial charge in [-0.05, 0) is 5.56 Å². The molecule has 0 spiro atoms. The number of hydrogen-bond acceptors (Lipinski definition) is 6. The summed E-state index contributed by atoms with van der Waals surface area (Å²) in [6.45, 7) is 0. The second kappa shape index (κ2) is 7.12. The standard InChI is InChI=1S/C14H15BrN2O4/c1-18-11-4-10(5-12(19-2)13(11)20-3)21-14-16-7-9(6-15)8-17-14/h4-5,7-8H,6H2,1-3H3. The molecule has 1 aromatic carbocycles. The van der Waals surface area contributed by atoms with E-state index in [0.717, 1.165) is 5.56 Å². The van der Waals surface area contributed by atoms with Crippen molar-refractivity contribution in [1.29, 1.82) is 0 Å². The number of hydrogen-bond donors (Lipinski definition) is 0. The summed E-state index contributed by atoms with van der Waals surface area (Å²) in [5, 5.41) is 0.692. The lowest BCUT2D eigenvalue weighted by Crippen LogP contribution is -1.97. The molecule has 0 saturated heterocycles. The van der Waals surface area contributed by atoms with Gasteiger partial charge < -0.3 is 18.9 Å². The quantitative estimate of drug-likeness (QED) is 0.742. The molecule has 1 aromatic heterocycles. The van der Waals surface area contributed by atoms with Gasteiger partial charge in [0.25, 0.3) is 0 Å². The van der Waals surface area contributed by atoms with Crippen LogP contribution in [0, 0.1) is 0 Å². The zero-order valence-corrected chi connectivity index (χ0v) is 13.5. The molecule has 0 fully saturated rings. The fourth-order valence-corrected chi connectivity index (χ4v) is 1.98. The number of rotatable bonds is 6. The highest BCUT2D eigenvalue weighted by atomic mass is 79.9. The van der Waals surface area contributed by atoms with Gasteiger partial charge in [0.15, 0.2) is 11.5 Å². The number of nitrogens with zero attached hydrogens (tertiary/aromatic N) is 2. The topological polar surface area (TPSA) is 62.7 Å². The average molecular weight is 355 g/mol. The molecule has 0 saturated carbocycles. The van der Waals surface area contributed by atoms with Gasteiger partial charge in [-0.25, -0.2) is 9.97 Å². The highest BCUT2D eigenvalue weighted by molar-refractivity contribution is 9.08. The van der Waals surface area contributed by atoms with Crippen LogP contribution in [0.15, 0.2) is 24.5 Å². The number of benzene rings is 1. The van der Waals surface area contributed by atoms with Gasteiger partial charge in [0.1, 0.15) is 5.75 Å². The Labute approximate surface area is 131 Å². The Kier molecular flexibility index (Phi) is 5.21. The van der Waals surface area contributed by atoms with Gasteiger partial charge in [-0.15, -0.1) is 0 Å². The molecule has 0 amide bonds. The van der Waals surface area contributed by atoms with E-state index in [1.165, 1.54) is 0 Å². The summed E-state index contributed by atoms with van der Waals surface area (Å²) in [7, 11) is 4.63. The molecule has 0 N–H and O–H groups in total. The van der Waals surface area contributed by atoms with Gasteiger partial charge in [0.2, 0.25) is 5.75 Å². The maximum Gasteiger partial charge on any atom is 0.321 e. The summed E-state index contributed by atoms with van der Waals surface area (Å²) in [4.78, 5) is 8.24. The molecule has 0 unspecified atom stereocenters. The van der Waals surface area contributed by atoms with Crippen molar-refractivity contribution >= 4 is 15.9 Å². The summed E-state index contributed by atoms with van der Waals surface area (Å²) in [5.41, 5.74) is 0.965. The van der Waals surface area contributed by atoms with Crippen LogP contribution >= 0.6 is 15.9 Å².